The van der Waals surface area contributed by atoms with Gasteiger partial charge in [-0.1, -0.05) is 34.1 Å². The molecule has 1 amide bonds. The summed E-state index contributed by atoms with van der Waals surface area (Å²) in [5.41, 5.74) is -0.387. The molecular weight excluding hydrogens is 244 g/mol. The van der Waals surface area contributed by atoms with Crippen molar-refractivity contribution in [2.75, 3.05) is 26.2 Å². The number of amides is 1. The van der Waals surface area contributed by atoms with E-state index in [2.05, 4.69) is 19.2 Å². The van der Waals surface area contributed by atoms with Crippen LogP contribution in [0.15, 0.2) is 0 Å². The van der Waals surface area contributed by atoms with Gasteiger partial charge in [0.15, 0.2) is 0 Å². The Kier molecular flexibility index (Phi) is 16.7. The quantitative estimate of drug-likeness (QED) is 0.739. The van der Waals surface area contributed by atoms with Crippen LogP contribution in [0.2, 0.25) is 0 Å². The molecule has 1 aliphatic rings. The molecule has 3 N–H and O–H groups in total. The number of hydrogen-bond donors (Lipinski definition) is 1. The lowest BCUT2D eigenvalue weighted by molar-refractivity contribution is 0.0229. The zero-order valence-electron chi connectivity index (χ0n) is 13.8. The maximum Gasteiger partial charge on any atom is 0.410 e. The second kappa shape index (κ2) is 13.6. The molecule has 0 bridgehead atoms. The van der Waals surface area contributed by atoms with Crippen LogP contribution in [0.3, 0.4) is 0 Å². The first-order valence-electron chi connectivity index (χ1n) is 7.09. The topological polar surface area (TPSA) is 73.1 Å². The van der Waals surface area contributed by atoms with Crippen molar-refractivity contribution in [2.45, 2.75) is 60.5 Å². The first kappa shape index (κ1) is 23.3. The van der Waals surface area contributed by atoms with Crippen LogP contribution in [0.5, 0.6) is 0 Å². The Bertz CT molecular complexity index is 197. The zero-order chi connectivity index (χ0) is 14.6. The van der Waals surface area contributed by atoms with Gasteiger partial charge in [0, 0.05) is 26.2 Å². The molecule has 19 heavy (non-hydrogen) atoms. The first-order valence-corrected chi connectivity index (χ1v) is 7.09. The Balaban J connectivity index is -0.000000376. The molecule has 118 valence electrons. The third kappa shape index (κ3) is 15.1. The highest BCUT2D eigenvalue weighted by molar-refractivity contribution is 5.68. The number of hydrogen-bond acceptors (Lipinski definition) is 3. The lowest BCUT2D eigenvalue weighted by Gasteiger charge is -2.30. The Morgan fingerprint density at radius 2 is 1.53 bits per heavy atom. The lowest BCUT2D eigenvalue weighted by Crippen LogP contribution is -2.48. The molecular formula is C14H34N2O3. The molecule has 1 saturated heterocycles. The van der Waals surface area contributed by atoms with Crippen molar-refractivity contribution in [3.63, 3.8) is 0 Å². The minimum atomic E-state index is -0.387. The molecule has 1 rings (SSSR count). The Hall–Kier alpha value is -0.810. The summed E-state index contributed by atoms with van der Waals surface area (Å²) < 4.78 is 5.24. The third-order valence-electron chi connectivity index (χ3n) is 1.77. The van der Waals surface area contributed by atoms with Gasteiger partial charge in [-0.2, -0.15) is 0 Å². The number of carbonyl (C=O) groups excluding carboxylic acids is 1. The number of nitrogens with one attached hydrogen (secondary N) is 1. The van der Waals surface area contributed by atoms with Gasteiger partial charge in [0.2, 0.25) is 0 Å². The summed E-state index contributed by atoms with van der Waals surface area (Å²) in [6, 6.07) is 0. The molecule has 5 nitrogen and oxygen atoms in total. The fourth-order valence-electron chi connectivity index (χ4n) is 1.17. The number of rotatable bonds is 0. The van der Waals surface area contributed by atoms with Gasteiger partial charge in [-0.25, -0.2) is 4.79 Å². The first-order chi connectivity index (χ1) is 8.40. The van der Waals surface area contributed by atoms with Crippen LogP contribution < -0.4 is 5.32 Å². The van der Waals surface area contributed by atoms with E-state index in [1.165, 1.54) is 6.42 Å². The van der Waals surface area contributed by atoms with Crippen LogP contribution in [0.1, 0.15) is 54.9 Å². The molecule has 0 radical (unpaired) electrons. The van der Waals surface area contributed by atoms with E-state index < -0.39 is 0 Å². The average molecular weight is 278 g/mol. The number of carbonyl (C=O) groups is 1. The zero-order valence-corrected chi connectivity index (χ0v) is 13.8. The Labute approximate surface area is 119 Å². The number of nitrogens with zero attached hydrogens (tertiary/aromatic N) is 1. The summed E-state index contributed by atoms with van der Waals surface area (Å²) >= 11 is 0. The van der Waals surface area contributed by atoms with E-state index in [9.17, 15) is 4.79 Å². The van der Waals surface area contributed by atoms with Gasteiger partial charge < -0.3 is 20.4 Å². The maximum absolute atomic E-state index is 11.5. The van der Waals surface area contributed by atoms with E-state index >= 15 is 0 Å². The van der Waals surface area contributed by atoms with Gasteiger partial charge >= 0.3 is 6.09 Å². The monoisotopic (exact) mass is 278 g/mol. The SMILES string of the molecule is CC.CC(C)(C)OC(=O)N1CCNCC1.CCC.O. The van der Waals surface area contributed by atoms with Crippen LogP contribution >= 0.6 is 0 Å². The van der Waals surface area contributed by atoms with Crippen LogP contribution in [-0.2, 0) is 4.74 Å². The smallest absolute Gasteiger partial charge is 0.410 e. The van der Waals surface area contributed by atoms with Crippen molar-refractivity contribution in [2.24, 2.45) is 0 Å². The molecule has 0 atom stereocenters. The van der Waals surface area contributed by atoms with E-state index in [1.807, 2.05) is 34.6 Å². The Morgan fingerprint density at radius 1 is 1.16 bits per heavy atom. The fourth-order valence-corrected chi connectivity index (χ4v) is 1.17. The van der Waals surface area contributed by atoms with Gasteiger partial charge in [-0.3, -0.25) is 0 Å². The maximum atomic E-state index is 11.5. The van der Waals surface area contributed by atoms with E-state index in [4.69, 9.17) is 4.74 Å². The van der Waals surface area contributed by atoms with Gasteiger partial charge in [0.25, 0.3) is 0 Å². The molecule has 0 saturated carbocycles. The largest absolute Gasteiger partial charge is 0.444 e. The van der Waals surface area contributed by atoms with Gasteiger partial charge in [-0.15, -0.1) is 0 Å². The molecule has 1 aliphatic heterocycles. The van der Waals surface area contributed by atoms with E-state index in [0.29, 0.717) is 0 Å². The second-order valence-electron chi connectivity index (χ2n) is 4.92. The summed E-state index contributed by atoms with van der Waals surface area (Å²) in [6.45, 7) is 17.1. The van der Waals surface area contributed by atoms with Gasteiger partial charge in [0.1, 0.15) is 5.60 Å². The second-order valence-corrected chi connectivity index (χ2v) is 4.92. The standard InChI is InChI=1S/C9H18N2O2.C3H8.C2H6.H2O/c1-9(2,3)13-8(12)11-6-4-10-5-7-11;1-3-2;1-2;/h10H,4-7H2,1-3H3;3H2,1-2H3;1-2H3;1H2. The summed E-state index contributed by atoms with van der Waals surface area (Å²) in [4.78, 5) is 13.2. The van der Waals surface area contributed by atoms with Crippen molar-refractivity contribution in [3.8, 4) is 0 Å². The van der Waals surface area contributed by atoms with Crippen molar-refractivity contribution < 1.29 is 15.0 Å². The molecule has 1 heterocycles. The molecule has 0 unspecified atom stereocenters. The van der Waals surface area contributed by atoms with Crippen LogP contribution in [-0.4, -0.2) is 48.2 Å². The van der Waals surface area contributed by atoms with Crippen LogP contribution in [0.25, 0.3) is 0 Å². The number of piperazine rings is 1. The highest BCUT2D eigenvalue weighted by Crippen LogP contribution is 2.09. The highest BCUT2D eigenvalue weighted by atomic mass is 16.6. The predicted molar refractivity (Wildman–Crippen MR) is 81.6 cm³/mol. The van der Waals surface area contributed by atoms with Crippen molar-refractivity contribution >= 4 is 6.09 Å². The third-order valence-corrected chi connectivity index (χ3v) is 1.77. The van der Waals surface area contributed by atoms with E-state index in [0.717, 1.165) is 26.2 Å². The fraction of sp³-hybridized carbons (Fsp3) is 0.929. The van der Waals surface area contributed by atoms with E-state index in [1.54, 1.807) is 4.90 Å². The lowest BCUT2D eigenvalue weighted by atomic mass is 10.2. The van der Waals surface area contributed by atoms with Gasteiger partial charge in [-0.05, 0) is 20.8 Å². The number of ether oxygens (including phenoxy) is 1. The summed E-state index contributed by atoms with van der Waals surface area (Å²) in [5.74, 6) is 0. The minimum absolute atomic E-state index is 0. The molecule has 5 heteroatoms. The summed E-state index contributed by atoms with van der Waals surface area (Å²) in [6.07, 6.45) is 1.05. The van der Waals surface area contributed by atoms with E-state index in [-0.39, 0.29) is 17.2 Å². The molecule has 0 aromatic rings. The molecule has 0 aromatic carbocycles. The minimum Gasteiger partial charge on any atom is -0.444 e. The average Bonchev–Trinajstić information content (AvgIpc) is 2.32. The van der Waals surface area contributed by atoms with Crippen LogP contribution in [0.4, 0.5) is 4.79 Å². The normalized spacial score (nSPS) is 13.9. The van der Waals surface area contributed by atoms with Gasteiger partial charge in [0.05, 0.1) is 0 Å². The van der Waals surface area contributed by atoms with Crippen molar-refractivity contribution in [1.29, 1.82) is 0 Å². The molecule has 0 aliphatic carbocycles. The van der Waals surface area contributed by atoms with Crippen molar-refractivity contribution in [3.05, 3.63) is 0 Å². The summed E-state index contributed by atoms with van der Waals surface area (Å²) in [7, 11) is 0. The van der Waals surface area contributed by atoms with Crippen molar-refractivity contribution in [1.82, 2.24) is 10.2 Å². The summed E-state index contributed by atoms with van der Waals surface area (Å²) in [5, 5.41) is 3.18. The van der Waals surface area contributed by atoms with Crippen LogP contribution in [0, 0.1) is 0 Å². The molecule has 0 spiro atoms. The highest BCUT2D eigenvalue weighted by Gasteiger charge is 2.22. The Morgan fingerprint density at radius 3 is 1.84 bits per heavy atom. The molecule has 0 aromatic heterocycles. The molecule has 1 fully saturated rings. The predicted octanol–water partition coefficient (Wildman–Crippen LogP) is 2.44.